The Labute approximate surface area is 142 Å². The number of aryl methyl sites for hydroxylation is 1. The third-order valence-corrected chi connectivity index (χ3v) is 4.39. The maximum atomic E-state index is 5.69. The summed E-state index contributed by atoms with van der Waals surface area (Å²) in [6.07, 6.45) is 3.95. The van der Waals surface area contributed by atoms with Crippen molar-refractivity contribution in [2.45, 2.75) is 39.4 Å². The lowest BCUT2D eigenvalue weighted by atomic mass is 10.1. The molecule has 2 atom stereocenters. The number of methoxy groups -OCH3 is 1. The van der Waals surface area contributed by atoms with Crippen LogP contribution in [-0.4, -0.2) is 36.1 Å². The Bertz CT molecular complexity index is 682. The number of hydrogen-bond donors (Lipinski definition) is 1. The SMILES string of the molecule is COc1cc(CN[C@@H](C)[C@H](C)n2cc(C)cn2)cc2c1OCCO2. The van der Waals surface area contributed by atoms with Gasteiger partial charge in [-0.25, -0.2) is 0 Å². The quantitative estimate of drug-likeness (QED) is 0.882. The van der Waals surface area contributed by atoms with Crippen LogP contribution in [0.1, 0.15) is 31.0 Å². The van der Waals surface area contributed by atoms with Crippen LogP contribution in [0.4, 0.5) is 0 Å². The van der Waals surface area contributed by atoms with Crippen molar-refractivity contribution in [2.24, 2.45) is 0 Å². The molecular formula is C18H25N3O3. The van der Waals surface area contributed by atoms with Crippen LogP contribution in [0, 0.1) is 6.92 Å². The second kappa shape index (κ2) is 7.13. The lowest BCUT2D eigenvalue weighted by Gasteiger charge is -2.24. The summed E-state index contributed by atoms with van der Waals surface area (Å²) in [5.74, 6) is 2.16. The smallest absolute Gasteiger partial charge is 0.203 e. The molecule has 6 nitrogen and oxygen atoms in total. The summed E-state index contributed by atoms with van der Waals surface area (Å²) in [6.45, 7) is 8.22. The van der Waals surface area contributed by atoms with Gasteiger partial charge < -0.3 is 19.5 Å². The van der Waals surface area contributed by atoms with Crippen LogP contribution < -0.4 is 19.5 Å². The number of nitrogens with zero attached hydrogens (tertiary/aromatic N) is 2. The fourth-order valence-corrected chi connectivity index (χ4v) is 2.76. The first-order valence-corrected chi connectivity index (χ1v) is 8.29. The Balaban J connectivity index is 1.67. The highest BCUT2D eigenvalue weighted by Gasteiger charge is 2.19. The lowest BCUT2D eigenvalue weighted by molar-refractivity contribution is 0.165. The Morgan fingerprint density at radius 2 is 2.08 bits per heavy atom. The van der Waals surface area contributed by atoms with E-state index in [0.717, 1.165) is 17.9 Å². The third kappa shape index (κ3) is 3.48. The zero-order valence-electron chi connectivity index (χ0n) is 14.7. The van der Waals surface area contributed by atoms with Gasteiger partial charge in [-0.2, -0.15) is 5.10 Å². The number of rotatable bonds is 6. The predicted octanol–water partition coefficient (Wildman–Crippen LogP) is 2.71. The fraction of sp³-hybridized carbons (Fsp3) is 0.500. The molecule has 0 spiro atoms. The number of fused-ring (bicyclic) bond motifs is 1. The Kier molecular flexibility index (Phi) is 4.94. The summed E-state index contributed by atoms with van der Waals surface area (Å²) < 4.78 is 18.8. The van der Waals surface area contributed by atoms with Gasteiger partial charge in [0, 0.05) is 18.8 Å². The maximum Gasteiger partial charge on any atom is 0.203 e. The van der Waals surface area contributed by atoms with Gasteiger partial charge in [0.2, 0.25) is 5.75 Å². The minimum atomic E-state index is 0.262. The van der Waals surface area contributed by atoms with Crippen molar-refractivity contribution in [1.82, 2.24) is 15.1 Å². The van der Waals surface area contributed by atoms with Gasteiger partial charge in [-0.3, -0.25) is 4.68 Å². The largest absolute Gasteiger partial charge is 0.493 e. The number of benzene rings is 1. The molecule has 24 heavy (non-hydrogen) atoms. The minimum Gasteiger partial charge on any atom is -0.493 e. The van der Waals surface area contributed by atoms with E-state index >= 15 is 0 Å². The van der Waals surface area contributed by atoms with Crippen LogP contribution in [0.5, 0.6) is 17.2 Å². The molecule has 1 N–H and O–H groups in total. The summed E-state index contributed by atoms with van der Waals surface area (Å²) in [4.78, 5) is 0. The van der Waals surface area contributed by atoms with Crippen LogP contribution in [0.3, 0.4) is 0 Å². The Morgan fingerprint density at radius 1 is 1.29 bits per heavy atom. The molecule has 2 heterocycles. The normalized spacial score (nSPS) is 15.8. The monoisotopic (exact) mass is 331 g/mol. The van der Waals surface area contributed by atoms with Crippen molar-refractivity contribution in [1.29, 1.82) is 0 Å². The molecule has 2 aromatic rings. The fourth-order valence-electron chi connectivity index (χ4n) is 2.76. The molecule has 130 valence electrons. The first kappa shape index (κ1) is 16.6. The van der Waals surface area contributed by atoms with E-state index in [-0.39, 0.29) is 12.1 Å². The van der Waals surface area contributed by atoms with Crippen molar-refractivity contribution in [2.75, 3.05) is 20.3 Å². The van der Waals surface area contributed by atoms with E-state index in [1.807, 2.05) is 23.0 Å². The van der Waals surface area contributed by atoms with Crippen molar-refractivity contribution in [3.05, 3.63) is 35.7 Å². The van der Waals surface area contributed by atoms with E-state index in [2.05, 4.69) is 37.4 Å². The number of ether oxygens (including phenoxy) is 3. The summed E-state index contributed by atoms with van der Waals surface area (Å²) in [5, 5.41) is 7.95. The molecule has 0 saturated carbocycles. The van der Waals surface area contributed by atoms with E-state index in [1.54, 1.807) is 7.11 Å². The molecule has 1 aromatic carbocycles. The molecular weight excluding hydrogens is 306 g/mol. The van der Waals surface area contributed by atoms with Crippen LogP contribution >= 0.6 is 0 Å². The van der Waals surface area contributed by atoms with Gasteiger partial charge in [0.1, 0.15) is 13.2 Å². The lowest BCUT2D eigenvalue weighted by Crippen LogP contribution is -2.33. The van der Waals surface area contributed by atoms with E-state index in [0.29, 0.717) is 24.7 Å². The topological polar surface area (TPSA) is 57.5 Å². The van der Waals surface area contributed by atoms with Crippen molar-refractivity contribution in [3.8, 4) is 17.2 Å². The van der Waals surface area contributed by atoms with Crippen LogP contribution in [0.2, 0.25) is 0 Å². The molecule has 6 heteroatoms. The van der Waals surface area contributed by atoms with E-state index < -0.39 is 0 Å². The second-order valence-electron chi connectivity index (χ2n) is 6.23. The maximum absolute atomic E-state index is 5.69. The number of nitrogens with one attached hydrogen (secondary N) is 1. The van der Waals surface area contributed by atoms with Crippen LogP contribution in [0.25, 0.3) is 0 Å². The van der Waals surface area contributed by atoms with Crippen molar-refractivity contribution >= 4 is 0 Å². The van der Waals surface area contributed by atoms with Crippen LogP contribution in [0.15, 0.2) is 24.5 Å². The van der Waals surface area contributed by atoms with Crippen molar-refractivity contribution < 1.29 is 14.2 Å². The molecule has 0 saturated heterocycles. The Morgan fingerprint density at radius 3 is 2.79 bits per heavy atom. The van der Waals surface area contributed by atoms with Gasteiger partial charge in [0.05, 0.1) is 19.3 Å². The van der Waals surface area contributed by atoms with E-state index in [9.17, 15) is 0 Å². The zero-order chi connectivity index (χ0) is 17.1. The molecule has 1 aromatic heterocycles. The van der Waals surface area contributed by atoms with Gasteiger partial charge >= 0.3 is 0 Å². The van der Waals surface area contributed by atoms with Crippen LogP contribution in [-0.2, 0) is 6.54 Å². The number of hydrogen-bond acceptors (Lipinski definition) is 5. The van der Waals surface area contributed by atoms with Gasteiger partial charge in [0.25, 0.3) is 0 Å². The van der Waals surface area contributed by atoms with Gasteiger partial charge in [-0.15, -0.1) is 0 Å². The summed E-state index contributed by atoms with van der Waals surface area (Å²) in [7, 11) is 1.65. The molecule has 1 aliphatic rings. The summed E-state index contributed by atoms with van der Waals surface area (Å²) in [5.41, 5.74) is 2.28. The molecule has 0 aliphatic carbocycles. The van der Waals surface area contributed by atoms with Crippen molar-refractivity contribution in [3.63, 3.8) is 0 Å². The second-order valence-corrected chi connectivity index (χ2v) is 6.23. The highest BCUT2D eigenvalue weighted by Crippen LogP contribution is 2.40. The van der Waals surface area contributed by atoms with Gasteiger partial charge in [-0.05, 0) is 44.0 Å². The van der Waals surface area contributed by atoms with E-state index in [4.69, 9.17) is 14.2 Å². The van der Waals surface area contributed by atoms with E-state index in [1.165, 1.54) is 5.56 Å². The molecule has 0 bridgehead atoms. The molecule has 1 aliphatic heterocycles. The highest BCUT2D eigenvalue weighted by atomic mass is 16.6. The summed E-state index contributed by atoms with van der Waals surface area (Å²) in [6, 6.07) is 4.54. The van der Waals surface area contributed by atoms with Gasteiger partial charge in [-0.1, -0.05) is 0 Å². The third-order valence-electron chi connectivity index (χ3n) is 4.39. The minimum absolute atomic E-state index is 0.262. The number of aromatic nitrogens is 2. The first-order chi connectivity index (χ1) is 11.6. The molecule has 0 amide bonds. The predicted molar refractivity (Wildman–Crippen MR) is 92.0 cm³/mol. The Hall–Kier alpha value is -2.21. The average molecular weight is 331 g/mol. The van der Waals surface area contributed by atoms with Gasteiger partial charge in [0.15, 0.2) is 11.5 Å². The average Bonchev–Trinajstić information content (AvgIpc) is 3.04. The molecule has 0 fully saturated rings. The molecule has 3 rings (SSSR count). The standard InChI is InChI=1S/C18H25N3O3/c1-12-9-20-21(11-12)14(3)13(2)19-10-15-7-16(22-4)18-17(8-15)23-5-6-24-18/h7-9,11,13-14,19H,5-6,10H2,1-4H3/t13-,14-/m0/s1. The zero-order valence-corrected chi connectivity index (χ0v) is 14.7. The molecule has 0 radical (unpaired) electrons. The highest BCUT2D eigenvalue weighted by molar-refractivity contribution is 5.54. The molecule has 0 unspecified atom stereocenters. The summed E-state index contributed by atoms with van der Waals surface area (Å²) >= 11 is 0. The first-order valence-electron chi connectivity index (χ1n) is 8.29.